The molecule has 1 saturated heterocycles. The summed E-state index contributed by atoms with van der Waals surface area (Å²) in [5.74, 6) is 0.834. The Morgan fingerprint density at radius 1 is 1.40 bits per heavy atom. The second kappa shape index (κ2) is 6.75. The number of hydrogen-bond donors (Lipinski definition) is 1. The van der Waals surface area contributed by atoms with E-state index < -0.39 is 0 Å². The number of likely N-dealkylation sites (tertiary alicyclic amines) is 1. The van der Waals surface area contributed by atoms with E-state index in [4.69, 9.17) is 10.5 Å². The number of aryl methyl sites for hydroxylation is 2. The largest absolute Gasteiger partial charge is 0.483 e. The SMILES string of the molecule is Cc1ccc(C)c(OCC(=O)N2CCCCC2CN)c1. The number of piperidine rings is 1. The third-order valence-corrected chi connectivity index (χ3v) is 3.91. The molecule has 1 aliphatic heterocycles. The van der Waals surface area contributed by atoms with Gasteiger partial charge in [0.05, 0.1) is 0 Å². The Kier molecular flexibility index (Phi) is 5.01. The second-order valence-electron chi connectivity index (χ2n) is 5.53. The summed E-state index contributed by atoms with van der Waals surface area (Å²) in [6.45, 7) is 5.44. The summed E-state index contributed by atoms with van der Waals surface area (Å²) in [5.41, 5.74) is 7.94. The van der Waals surface area contributed by atoms with Crippen molar-refractivity contribution >= 4 is 5.91 Å². The zero-order chi connectivity index (χ0) is 14.5. The van der Waals surface area contributed by atoms with Gasteiger partial charge in [-0.1, -0.05) is 12.1 Å². The lowest BCUT2D eigenvalue weighted by molar-refractivity contribution is -0.136. The number of rotatable bonds is 4. The van der Waals surface area contributed by atoms with Crippen molar-refractivity contribution in [3.63, 3.8) is 0 Å². The maximum absolute atomic E-state index is 12.3. The van der Waals surface area contributed by atoms with Gasteiger partial charge in [-0.15, -0.1) is 0 Å². The first-order valence-corrected chi connectivity index (χ1v) is 7.31. The lowest BCUT2D eigenvalue weighted by atomic mass is 10.0. The third-order valence-electron chi connectivity index (χ3n) is 3.91. The number of amides is 1. The highest BCUT2D eigenvalue weighted by molar-refractivity contribution is 5.78. The third kappa shape index (κ3) is 3.51. The molecule has 2 N–H and O–H groups in total. The van der Waals surface area contributed by atoms with Gasteiger partial charge in [0.15, 0.2) is 6.61 Å². The van der Waals surface area contributed by atoms with Crippen molar-refractivity contribution in [3.05, 3.63) is 29.3 Å². The molecule has 1 aromatic rings. The van der Waals surface area contributed by atoms with Gasteiger partial charge in [-0.3, -0.25) is 4.79 Å². The summed E-state index contributed by atoms with van der Waals surface area (Å²) < 4.78 is 5.69. The van der Waals surface area contributed by atoms with Gasteiger partial charge in [0, 0.05) is 19.1 Å². The monoisotopic (exact) mass is 276 g/mol. The fourth-order valence-corrected chi connectivity index (χ4v) is 2.66. The van der Waals surface area contributed by atoms with Crippen LogP contribution in [0.5, 0.6) is 5.75 Å². The van der Waals surface area contributed by atoms with Crippen LogP contribution in [0.15, 0.2) is 18.2 Å². The van der Waals surface area contributed by atoms with E-state index in [9.17, 15) is 4.79 Å². The van der Waals surface area contributed by atoms with E-state index in [1.54, 1.807) is 0 Å². The van der Waals surface area contributed by atoms with Gasteiger partial charge in [-0.2, -0.15) is 0 Å². The van der Waals surface area contributed by atoms with Crippen LogP contribution < -0.4 is 10.5 Å². The van der Waals surface area contributed by atoms with Crippen molar-refractivity contribution in [2.24, 2.45) is 5.73 Å². The van der Waals surface area contributed by atoms with E-state index in [0.717, 1.165) is 42.7 Å². The van der Waals surface area contributed by atoms with E-state index in [1.807, 2.05) is 36.9 Å². The van der Waals surface area contributed by atoms with Crippen LogP contribution in [0.3, 0.4) is 0 Å². The highest BCUT2D eigenvalue weighted by Crippen LogP contribution is 2.20. The molecule has 1 atom stereocenters. The molecule has 0 saturated carbocycles. The van der Waals surface area contributed by atoms with E-state index in [1.165, 1.54) is 0 Å². The summed E-state index contributed by atoms with van der Waals surface area (Å²) in [6, 6.07) is 6.20. The number of nitrogens with two attached hydrogens (primary N) is 1. The Labute approximate surface area is 120 Å². The number of carbonyl (C=O) groups excluding carboxylic acids is 1. The topological polar surface area (TPSA) is 55.6 Å². The van der Waals surface area contributed by atoms with Crippen LogP contribution in [0.4, 0.5) is 0 Å². The van der Waals surface area contributed by atoms with Crippen LogP contribution in [0, 0.1) is 13.8 Å². The standard InChI is InChI=1S/C16H24N2O2/c1-12-6-7-13(2)15(9-12)20-11-16(19)18-8-4-3-5-14(18)10-17/h6-7,9,14H,3-5,8,10-11,17H2,1-2H3. The molecule has 0 aliphatic carbocycles. The normalized spacial score (nSPS) is 18.9. The van der Waals surface area contributed by atoms with E-state index in [-0.39, 0.29) is 18.6 Å². The van der Waals surface area contributed by atoms with Crippen molar-refractivity contribution < 1.29 is 9.53 Å². The fraction of sp³-hybridized carbons (Fsp3) is 0.562. The highest BCUT2D eigenvalue weighted by atomic mass is 16.5. The lowest BCUT2D eigenvalue weighted by Crippen LogP contribution is -2.49. The van der Waals surface area contributed by atoms with Gasteiger partial charge in [-0.25, -0.2) is 0 Å². The van der Waals surface area contributed by atoms with Gasteiger partial charge in [0.1, 0.15) is 5.75 Å². The number of benzene rings is 1. The van der Waals surface area contributed by atoms with Crippen molar-refractivity contribution in [1.29, 1.82) is 0 Å². The van der Waals surface area contributed by atoms with E-state index in [0.29, 0.717) is 6.54 Å². The summed E-state index contributed by atoms with van der Waals surface area (Å²) in [5, 5.41) is 0. The van der Waals surface area contributed by atoms with Gasteiger partial charge in [0.2, 0.25) is 0 Å². The Balaban J connectivity index is 1.95. The first-order valence-electron chi connectivity index (χ1n) is 7.31. The average molecular weight is 276 g/mol. The molecule has 0 radical (unpaired) electrons. The molecule has 1 amide bonds. The maximum Gasteiger partial charge on any atom is 0.260 e. The molecule has 0 aromatic heterocycles. The minimum Gasteiger partial charge on any atom is -0.483 e. The van der Waals surface area contributed by atoms with Gasteiger partial charge in [-0.05, 0) is 50.3 Å². The first-order chi connectivity index (χ1) is 9.61. The van der Waals surface area contributed by atoms with E-state index >= 15 is 0 Å². The zero-order valence-electron chi connectivity index (χ0n) is 12.4. The summed E-state index contributed by atoms with van der Waals surface area (Å²) in [6.07, 6.45) is 3.22. The molecule has 0 spiro atoms. The quantitative estimate of drug-likeness (QED) is 0.915. The van der Waals surface area contributed by atoms with Gasteiger partial charge < -0.3 is 15.4 Å². The van der Waals surface area contributed by atoms with Crippen LogP contribution in [0.2, 0.25) is 0 Å². The Bertz CT molecular complexity index is 474. The van der Waals surface area contributed by atoms with Gasteiger partial charge >= 0.3 is 0 Å². The molecule has 20 heavy (non-hydrogen) atoms. The molecule has 2 rings (SSSR count). The predicted octanol–water partition coefficient (Wildman–Crippen LogP) is 2.02. The number of ether oxygens (including phenoxy) is 1. The summed E-state index contributed by atoms with van der Waals surface area (Å²) in [7, 11) is 0. The zero-order valence-corrected chi connectivity index (χ0v) is 12.4. The number of carbonyl (C=O) groups is 1. The Morgan fingerprint density at radius 3 is 2.95 bits per heavy atom. The van der Waals surface area contributed by atoms with Crippen molar-refractivity contribution in [2.75, 3.05) is 19.7 Å². The molecule has 110 valence electrons. The number of hydrogen-bond acceptors (Lipinski definition) is 3. The fourth-order valence-electron chi connectivity index (χ4n) is 2.66. The minimum atomic E-state index is 0.0426. The second-order valence-corrected chi connectivity index (χ2v) is 5.53. The molecule has 4 heteroatoms. The number of nitrogens with zero attached hydrogens (tertiary/aromatic N) is 1. The van der Waals surface area contributed by atoms with Crippen molar-refractivity contribution in [1.82, 2.24) is 4.90 Å². The van der Waals surface area contributed by atoms with Crippen molar-refractivity contribution in [2.45, 2.75) is 39.2 Å². The molecule has 1 heterocycles. The van der Waals surface area contributed by atoms with Crippen LogP contribution in [0.1, 0.15) is 30.4 Å². The highest BCUT2D eigenvalue weighted by Gasteiger charge is 2.25. The molecule has 1 aromatic carbocycles. The molecule has 1 fully saturated rings. The summed E-state index contributed by atoms with van der Waals surface area (Å²) in [4.78, 5) is 14.2. The van der Waals surface area contributed by atoms with Crippen LogP contribution in [0.25, 0.3) is 0 Å². The van der Waals surface area contributed by atoms with Crippen LogP contribution >= 0.6 is 0 Å². The Morgan fingerprint density at radius 2 is 2.20 bits per heavy atom. The molecule has 1 unspecified atom stereocenters. The minimum absolute atomic E-state index is 0.0426. The molecule has 1 aliphatic rings. The predicted molar refractivity (Wildman–Crippen MR) is 79.8 cm³/mol. The molecular weight excluding hydrogens is 252 g/mol. The Hall–Kier alpha value is -1.55. The summed E-state index contributed by atoms with van der Waals surface area (Å²) >= 11 is 0. The molecular formula is C16H24N2O2. The van der Waals surface area contributed by atoms with Gasteiger partial charge in [0.25, 0.3) is 5.91 Å². The van der Waals surface area contributed by atoms with Crippen LogP contribution in [-0.2, 0) is 4.79 Å². The average Bonchev–Trinajstić information content (AvgIpc) is 2.47. The smallest absolute Gasteiger partial charge is 0.260 e. The molecule has 4 nitrogen and oxygen atoms in total. The molecule has 0 bridgehead atoms. The van der Waals surface area contributed by atoms with E-state index in [2.05, 4.69) is 0 Å². The maximum atomic E-state index is 12.3. The van der Waals surface area contributed by atoms with Crippen molar-refractivity contribution in [3.8, 4) is 5.75 Å². The van der Waals surface area contributed by atoms with Crippen LogP contribution in [-0.4, -0.2) is 36.5 Å². The first kappa shape index (κ1) is 14.9. The lowest BCUT2D eigenvalue weighted by Gasteiger charge is -2.35.